The zero-order valence-electron chi connectivity index (χ0n) is 11.6. The van der Waals surface area contributed by atoms with Gasteiger partial charge in [0.2, 0.25) is 0 Å². The lowest BCUT2D eigenvalue weighted by atomic mass is 10.1. The van der Waals surface area contributed by atoms with Gasteiger partial charge in [-0.05, 0) is 37.5 Å². The van der Waals surface area contributed by atoms with Gasteiger partial charge in [0.15, 0.2) is 0 Å². The van der Waals surface area contributed by atoms with E-state index >= 15 is 0 Å². The van der Waals surface area contributed by atoms with E-state index in [-0.39, 0.29) is 18.5 Å². The normalized spacial score (nSPS) is 11.4. The first-order chi connectivity index (χ1) is 9.51. The number of carbonyl (C=O) groups excluding carboxylic acids is 1. The number of anilines is 1. The van der Waals surface area contributed by atoms with E-state index in [9.17, 15) is 9.59 Å². The number of hydrogen-bond acceptors (Lipinski definition) is 2. The maximum absolute atomic E-state index is 11.7. The third-order valence-electron chi connectivity index (χ3n) is 2.74. The maximum Gasteiger partial charge on any atom is 0.319 e. The number of aliphatic carboxylic acids is 1. The molecule has 5 heteroatoms. The summed E-state index contributed by atoms with van der Waals surface area (Å²) in [6.07, 6.45) is 3.05. The summed E-state index contributed by atoms with van der Waals surface area (Å²) in [7, 11) is 0. The van der Waals surface area contributed by atoms with Crippen LogP contribution >= 0.6 is 0 Å². The molecule has 0 aliphatic rings. The molecule has 5 nitrogen and oxygen atoms in total. The molecule has 0 aliphatic heterocycles. The van der Waals surface area contributed by atoms with Crippen LogP contribution in [0.25, 0.3) is 0 Å². The Balaban J connectivity index is 2.46. The number of carboxylic acid groups (broad SMARTS) is 1. The molecule has 0 saturated heterocycles. The number of carboxylic acids is 1. The quantitative estimate of drug-likeness (QED) is 0.670. The maximum atomic E-state index is 11.7. The summed E-state index contributed by atoms with van der Waals surface area (Å²) in [4.78, 5) is 22.1. The molecule has 0 fully saturated rings. The Morgan fingerprint density at radius 1 is 1.35 bits per heavy atom. The zero-order valence-corrected chi connectivity index (χ0v) is 11.6. The van der Waals surface area contributed by atoms with E-state index < -0.39 is 5.97 Å². The lowest BCUT2D eigenvalue weighted by Crippen LogP contribution is -2.35. The van der Waals surface area contributed by atoms with Gasteiger partial charge in [-0.2, -0.15) is 0 Å². The highest BCUT2D eigenvalue weighted by atomic mass is 16.4. The molecule has 1 aromatic carbocycles. The Bertz CT molecular complexity index is 469. The minimum Gasteiger partial charge on any atom is -0.481 e. The average Bonchev–Trinajstić information content (AvgIpc) is 2.37. The molecule has 1 atom stereocenters. The van der Waals surface area contributed by atoms with Crippen LogP contribution in [0, 0.1) is 0 Å². The van der Waals surface area contributed by atoms with Crippen molar-refractivity contribution in [2.24, 2.45) is 0 Å². The van der Waals surface area contributed by atoms with Crippen molar-refractivity contribution >= 4 is 17.7 Å². The van der Waals surface area contributed by atoms with Crippen LogP contribution in [0.5, 0.6) is 0 Å². The fourth-order valence-electron chi connectivity index (χ4n) is 1.71. The van der Waals surface area contributed by atoms with Crippen molar-refractivity contribution < 1.29 is 14.7 Å². The van der Waals surface area contributed by atoms with E-state index in [4.69, 9.17) is 5.11 Å². The van der Waals surface area contributed by atoms with Crippen LogP contribution in [0.3, 0.4) is 0 Å². The molecule has 2 amide bonds. The first-order valence-electron chi connectivity index (χ1n) is 6.50. The highest BCUT2D eigenvalue weighted by Crippen LogP contribution is 2.11. The minimum atomic E-state index is -0.817. The van der Waals surface area contributed by atoms with Crippen molar-refractivity contribution in [2.45, 2.75) is 32.2 Å². The van der Waals surface area contributed by atoms with E-state index in [1.165, 1.54) is 0 Å². The molecule has 1 unspecified atom stereocenters. The molecule has 20 heavy (non-hydrogen) atoms. The van der Waals surface area contributed by atoms with Crippen LogP contribution in [0.15, 0.2) is 36.9 Å². The number of rotatable bonds is 7. The molecule has 1 aromatic rings. The van der Waals surface area contributed by atoms with Gasteiger partial charge in [0.25, 0.3) is 0 Å². The van der Waals surface area contributed by atoms with Gasteiger partial charge >= 0.3 is 12.0 Å². The minimum absolute atomic E-state index is 0.0299. The molecule has 0 heterocycles. The summed E-state index contributed by atoms with van der Waals surface area (Å²) in [6.45, 7) is 5.52. The molecule has 0 bridgehead atoms. The third kappa shape index (κ3) is 6.04. The monoisotopic (exact) mass is 276 g/mol. The summed E-state index contributed by atoms with van der Waals surface area (Å²) >= 11 is 0. The summed E-state index contributed by atoms with van der Waals surface area (Å²) in [5.41, 5.74) is 1.60. The summed E-state index contributed by atoms with van der Waals surface area (Å²) in [6, 6.07) is 6.90. The molecule has 1 rings (SSSR count). The standard InChI is InChI=1S/C15H20N2O3/c1-3-4-11(2)16-15(20)17-13-8-5-12(6-9-13)7-10-14(18)19/h3,5-6,8-9,11H,1,4,7,10H2,2H3,(H,18,19)(H2,16,17,20). The highest BCUT2D eigenvalue weighted by molar-refractivity contribution is 5.89. The zero-order chi connectivity index (χ0) is 15.0. The van der Waals surface area contributed by atoms with Crippen molar-refractivity contribution in [2.75, 3.05) is 5.32 Å². The van der Waals surface area contributed by atoms with E-state index in [2.05, 4.69) is 17.2 Å². The summed E-state index contributed by atoms with van der Waals surface area (Å²) in [5, 5.41) is 14.1. The molecule has 0 saturated carbocycles. The molecular formula is C15H20N2O3. The molecule has 0 aliphatic carbocycles. The Morgan fingerprint density at radius 2 is 2.00 bits per heavy atom. The average molecular weight is 276 g/mol. The number of urea groups is 1. The third-order valence-corrected chi connectivity index (χ3v) is 2.74. The second kappa shape index (κ2) is 7.99. The predicted octanol–water partition coefficient (Wildman–Crippen LogP) is 2.79. The second-order valence-electron chi connectivity index (χ2n) is 4.61. The van der Waals surface area contributed by atoms with Crippen LogP contribution < -0.4 is 10.6 Å². The van der Waals surface area contributed by atoms with Gasteiger partial charge in [-0.25, -0.2) is 4.79 Å². The van der Waals surface area contributed by atoms with Crippen molar-refractivity contribution in [1.29, 1.82) is 0 Å². The molecule has 108 valence electrons. The van der Waals surface area contributed by atoms with Gasteiger partial charge in [0.1, 0.15) is 0 Å². The Morgan fingerprint density at radius 3 is 2.55 bits per heavy atom. The van der Waals surface area contributed by atoms with E-state index in [0.29, 0.717) is 18.5 Å². The number of hydrogen-bond donors (Lipinski definition) is 3. The smallest absolute Gasteiger partial charge is 0.319 e. The summed E-state index contributed by atoms with van der Waals surface area (Å²) < 4.78 is 0. The topological polar surface area (TPSA) is 78.4 Å². The van der Waals surface area contributed by atoms with Gasteiger partial charge in [-0.15, -0.1) is 6.58 Å². The lowest BCUT2D eigenvalue weighted by Gasteiger charge is -2.13. The largest absolute Gasteiger partial charge is 0.481 e. The summed E-state index contributed by atoms with van der Waals surface area (Å²) in [5.74, 6) is -0.817. The van der Waals surface area contributed by atoms with Crippen molar-refractivity contribution in [3.63, 3.8) is 0 Å². The first kappa shape index (κ1) is 15.8. The number of aryl methyl sites for hydroxylation is 1. The second-order valence-corrected chi connectivity index (χ2v) is 4.61. The molecular weight excluding hydrogens is 256 g/mol. The number of carbonyl (C=O) groups is 2. The van der Waals surface area contributed by atoms with Gasteiger partial charge in [-0.3, -0.25) is 4.79 Å². The fraction of sp³-hybridized carbons (Fsp3) is 0.333. The molecule has 0 radical (unpaired) electrons. The molecule has 0 spiro atoms. The first-order valence-corrected chi connectivity index (χ1v) is 6.50. The number of nitrogens with one attached hydrogen (secondary N) is 2. The number of benzene rings is 1. The number of amides is 2. The van der Waals surface area contributed by atoms with Crippen molar-refractivity contribution in [3.8, 4) is 0 Å². The van der Waals surface area contributed by atoms with Gasteiger partial charge in [0.05, 0.1) is 0 Å². The van der Waals surface area contributed by atoms with Crippen LogP contribution in [0.4, 0.5) is 10.5 Å². The van der Waals surface area contributed by atoms with E-state index in [1.54, 1.807) is 18.2 Å². The van der Waals surface area contributed by atoms with E-state index in [0.717, 1.165) is 5.56 Å². The van der Waals surface area contributed by atoms with Gasteiger partial charge in [0, 0.05) is 18.2 Å². The van der Waals surface area contributed by atoms with Crippen LogP contribution in [-0.2, 0) is 11.2 Å². The molecule has 3 N–H and O–H groups in total. The highest BCUT2D eigenvalue weighted by Gasteiger charge is 2.06. The lowest BCUT2D eigenvalue weighted by molar-refractivity contribution is -0.136. The Kier molecular flexibility index (Phi) is 6.29. The fourth-order valence-corrected chi connectivity index (χ4v) is 1.71. The Hall–Kier alpha value is -2.30. The van der Waals surface area contributed by atoms with Crippen molar-refractivity contribution in [1.82, 2.24) is 5.32 Å². The molecule has 0 aromatic heterocycles. The van der Waals surface area contributed by atoms with E-state index in [1.807, 2.05) is 19.1 Å². The SMILES string of the molecule is C=CCC(C)NC(=O)Nc1ccc(CCC(=O)O)cc1. The predicted molar refractivity (Wildman–Crippen MR) is 78.8 cm³/mol. The van der Waals surface area contributed by atoms with Crippen LogP contribution in [0.2, 0.25) is 0 Å². The van der Waals surface area contributed by atoms with Crippen LogP contribution in [0.1, 0.15) is 25.3 Å². The van der Waals surface area contributed by atoms with Crippen molar-refractivity contribution in [3.05, 3.63) is 42.5 Å². The Labute approximate surface area is 118 Å². The van der Waals surface area contributed by atoms with Crippen LogP contribution in [-0.4, -0.2) is 23.1 Å². The van der Waals surface area contributed by atoms with Gasteiger partial charge < -0.3 is 15.7 Å². The van der Waals surface area contributed by atoms with Gasteiger partial charge in [-0.1, -0.05) is 18.2 Å².